The van der Waals surface area contributed by atoms with E-state index < -0.39 is 0 Å². The van der Waals surface area contributed by atoms with Crippen molar-refractivity contribution in [2.75, 3.05) is 20.4 Å². The monoisotopic (exact) mass is 352 g/mol. The zero-order chi connectivity index (χ0) is 18.5. The average molecular weight is 352 g/mol. The van der Waals surface area contributed by atoms with Crippen molar-refractivity contribution in [3.63, 3.8) is 0 Å². The molecule has 4 heteroatoms. The van der Waals surface area contributed by atoms with Crippen LogP contribution in [0.4, 0.5) is 0 Å². The number of benzene rings is 2. The highest BCUT2D eigenvalue weighted by Crippen LogP contribution is 2.24. The van der Waals surface area contributed by atoms with Crippen molar-refractivity contribution in [1.29, 1.82) is 0 Å². The zero-order valence-corrected chi connectivity index (χ0v) is 15.9. The van der Waals surface area contributed by atoms with Crippen LogP contribution in [-0.2, 0) is 13.1 Å². The normalized spacial score (nSPS) is 13.9. The molecule has 0 unspecified atom stereocenters. The number of nitrogens with zero attached hydrogens (tertiary/aromatic N) is 2. The van der Waals surface area contributed by atoms with Gasteiger partial charge in [-0.1, -0.05) is 30.3 Å². The van der Waals surface area contributed by atoms with Gasteiger partial charge < -0.3 is 19.6 Å². The van der Waals surface area contributed by atoms with Crippen LogP contribution in [0.5, 0.6) is 5.75 Å². The minimum atomic E-state index is 0.169. The van der Waals surface area contributed by atoms with Gasteiger partial charge >= 0.3 is 0 Å². The molecule has 0 amide bonds. The van der Waals surface area contributed by atoms with Crippen molar-refractivity contribution in [3.8, 4) is 5.75 Å². The minimum Gasteiger partial charge on any atom is -0.497 e. The van der Waals surface area contributed by atoms with Crippen LogP contribution in [0.25, 0.3) is 0 Å². The molecular weight excluding hydrogens is 324 g/mol. The summed E-state index contributed by atoms with van der Waals surface area (Å²) < 4.78 is 5.23. The molecule has 1 aliphatic rings. The summed E-state index contributed by atoms with van der Waals surface area (Å²) in [6.45, 7) is 7.03. The lowest BCUT2D eigenvalue weighted by molar-refractivity contribution is 0.227. The standard InChI is InChI=1S/C22H28N2O2/c1-17-4-5-20(12-18(17)2)13-23-15-21(10-11-25)24(16-23)14-19-6-8-22(26-3)9-7-19/h4-9,12,15,25H,10-11,13-14,16H2,1-3H3. The number of aliphatic hydroxyl groups excluding tert-OH is 1. The van der Waals surface area contributed by atoms with Gasteiger partial charge in [-0.05, 0) is 48.2 Å². The van der Waals surface area contributed by atoms with E-state index in [1.54, 1.807) is 7.11 Å². The van der Waals surface area contributed by atoms with Gasteiger partial charge in [-0.3, -0.25) is 0 Å². The number of methoxy groups -OCH3 is 1. The third-order valence-corrected chi connectivity index (χ3v) is 4.95. The Bertz CT molecular complexity index is 768. The fraction of sp³-hybridized carbons (Fsp3) is 0.364. The smallest absolute Gasteiger partial charge is 0.118 e. The lowest BCUT2D eigenvalue weighted by Gasteiger charge is -2.24. The molecule has 138 valence electrons. The van der Waals surface area contributed by atoms with Crippen molar-refractivity contribution in [1.82, 2.24) is 9.80 Å². The summed E-state index contributed by atoms with van der Waals surface area (Å²) in [6.07, 6.45) is 2.87. The molecule has 0 saturated carbocycles. The maximum absolute atomic E-state index is 9.42. The molecule has 0 fully saturated rings. The molecule has 1 N–H and O–H groups in total. The number of rotatable bonds is 7. The Morgan fingerprint density at radius 2 is 1.69 bits per heavy atom. The van der Waals surface area contributed by atoms with Gasteiger partial charge in [-0.2, -0.15) is 0 Å². The molecule has 0 atom stereocenters. The number of ether oxygens (including phenoxy) is 1. The molecule has 0 saturated heterocycles. The van der Waals surface area contributed by atoms with Crippen LogP contribution in [0.3, 0.4) is 0 Å². The highest BCUT2D eigenvalue weighted by molar-refractivity contribution is 5.30. The average Bonchev–Trinajstić information content (AvgIpc) is 3.00. The molecule has 1 aliphatic heterocycles. The van der Waals surface area contributed by atoms with Gasteiger partial charge in [0.05, 0.1) is 13.8 Å². The van der Waals surface area contributed by atoms with E-state index in [9.17, 15) is 5.11 Å². The van der Waals surface area contributed by atoms with E-state index in [1.165, 1.54) is 28.0 Å². The summed E-state index contributed by atoms with van der Waals surface area (Å²) in [7, 11) is 1.68. The molecule has 0 radical (unpaired) electrons. The first kappa shape index (κ1) is 18.3. The van der Waals surface area contributed by atoms with E-state index in [4.69, 9.17) is 4.74 Å². The van der Waals surface area contributed by atoms with E-state index in [0.717, 1.165) is 25.5 Å². The summed E-state index contributed by atoms with van der Waals surface area (Å²) in [4.78, 5) is 4.65. The first-order valence-electron chi connectivity index (χ1n) is 9.08. The molecule has 0 aliphatic carbocycles. The fourth-order valence-electron chi connectivity index (χ4n) is 3.32. The lowest BCUT2D eigenvalue weighted by atomic mass is 10.1. The van der Waals surface area contributed by atoms with Gasteiger partial charge in [0, 0.05) is 38.0 Å². The summed E-state index contributed by atoms with van der Waals surface area (Å²) in [5.41, 5.74) is 6.40. The van der Waals surface area contributed by atoms with Crippen molar-refractivity contribution >= 4 is 0 Å². The van der Waals surface area contributed by atoms with E-state index in [-0.39, 0.29) is 6.61 Å². The Labute approximate surface area is 156 Å². The number of aliphatic hydroxyl groups is 1. The fourth-order valence-corrected chi connectivity index (χ4v) is 3.32. The SMILES string of the molecule is COc1ccc(CN2CN(Cc3ccc(C)c(C)c3)C=C2CCO)cc1. The predicted octanol–water partition coefficient (Wildman–Crippen LogP) is 3.81. The number of aryl methyl sites for hydroxylation is 2. The van der Waals surface area contributed by atoms with Crippen LogP contribution in [0.15, 0.2) is 54.4 Å². The second kappa shape index (κ2) is 8.28. The Morgan fingerprint density at radius 1 is 0.962 bits per heavy atom. The maximum Gasteiger partial charge on any atom is 0.118 e. The Kier molecular flexibility index (Phi) is 5.84. The van der Waals surface area contributed by atoms with Crippen molar-refractivity contribution < 1.29 is 9.84 Å². The molecule has 1 heterocycles. The highest BCUT2D eigenvalue weighted by Gasteiger charge is 2.20. The van der Waals surface area contributed by atoms with Crippen LogP contribution in [0.2, 0.25) is 0 Å². The van der Waals surface area contributed by atoms with E-state index in [1.807, 2.05) is 12.1 Å². The molecule has 0 spiro atoms. The van der Waals surface area contributed by atoms with Crippen LogP contribution in [-0.4, -0.2) is 35.3 Å². The third kappa shape index (κ3) is 4.38. The molecular formula is C22H28N2O2. The molecule has 4 nitrogen and oxygen atoms in total. The van der Waals surface area contributed by atoms with Crippen LogP contribution in [0.1, 0.15) is 28.7 Å². The third-order valence-electron chi connectivity index (χ3n) is 4.95. The summed E-state index contributed by atoms with van der Waals surface area (Å²) in [5.74, 6) is 0.873. The maximum atomic E-state index is 9.42. The van der Waals surface area contributed by atoms with E-state index >= 15 is 0 Å². The Morgan fingerprint density at radius 3 is 2.35 bits per heavy atom. The van der Waals surface area contributed by atoms with Crippen molar-refractivity contribution in [2.45, 2.75) is 33.4 Å². The van der Waals surface area contributed by atoms with E-state index in [2.05, 4.69) is 60.2 Å². The molecule has 2 aromatic carbocycles. The van der Waals surface area contributed by atoms with Gasteiger partial charge in [0.25, 0.3) is 0 Å². The second-order valence-electron chi connectivity index (χ2n) is 6.95. The molecule has 26 heavy (non-hydrogen) atoms. The first-order valence-corrected chi connectivity index (χ1v) is 9.08. The van der Waals surface area contributed by atoms with Gasteiger partial charge in [0.1, 0.15) is 5.75 Å². The van der Waals surface area contributed by atoms with Crippen molar-refractivity contribution in [3.05, 3.63) is 76.6 Å². The molecule has 3 rings (SSSR count). The topological polar surface area (TPSA) is 35.9 Å². The van der Waals surface area contributed by atoms with Gasteiger partial charge in [0.2, 0.25) is 0 Å². The summed E-state index contributed by atoms with van der Waals surface area (Å²) >= 11 is 0. The van der Waals surface area contributed by atoms with Gasteiger partial charge in [-0.25, -0.2) is 0 Å². The summed E-state index contributed by atoms with van der Waals surface area (Å²) in [6, 6.07) is 14.8. The molecule has 0 bridgehead atoms. The van der Waals surface area contributed by atoms with Crippen LogP contribution in [0, 0.1) is 13.8 Å². The molecule has 2 aromatic rings. The largest absolute Gasteiger partial charge is 0.497 e. The van der Waals surface area contributed by atoms with Crippen LogP contribution < -0.4 is 4.74 Å². The zero-order valence-electron chi connectivity index (χ0n) is 15.9. The van der Waals surface area contributed by atoms with E-state index in [0.29, 0.717) is 6.42 Å². The Hall–Kier alpha value is -2.46. The summed E-state index contributed by atoms with van der Waals surface area (Å²) in [5, 5.41) is 9.42. The second-order valence-corrected chi connectivity index (χ2v) is 6.95. The predicted molar refractivity (Wildman–Crippen MR) is 105 cm³/mol. The highest BCUT2D eigenvalue weighted by atomic mass is 16.5. The van der Waals surface area contributed by atoms with Gasteiger partial charge in [0.15, 0.2) is 0 Å². The Balaban J connectivity index is 1.68. The first-order chi connectivity index (χ1) is 12.6. The van der Waals surface area contributed by atoms with Crippen LogP contribution >= 0.6 is 0 Å². The number of hydrogen-bond donors (Lipinski definition) is 1. The van der Waals surface area contributed by atoms with Gasteiger partial charge in [-0.15, -0.1) is 0 Å². The molecule has 0 aromatic heterocycles. The van der Waals surface area contributed by atoms with Crippen molar-refractivity contribution in [2.24, 2.45) is 0 Å². The number of hydrogen-bond acceptors (Lipinski definition) is 4. The minimum absolute atomic E-state index is 0.169. The quantitative estimate of drug-likeness (QED) is 0.822. The lowest BCUT2D eigenvalue weighted by Crippen LogP contribution is -2.26.